The van der Waals surface area contributed by atoms with Crippen LogP contribution in [0, 0.1) is 0 Å². The van der Waals surface area contributed by atoms with Crippen LogP contribution >= 0.6 is 0 Å². The number of nitrogens with zero attached hydrogens (tertiary/aromatic N) is 1. The van der Waals surface area contributed by atoms with Crippen molar-refractivity contribution in [3.8, 4) is 0 Å². The van der Waals surface area contributed by atoms with Crippen molar-refractivity contribution in [2.75, 3.05) is 66.2 Å². The minimum Gasteiger partial charge on any atom is -0.385 e. The predicted octanol–water partition coefficient (Wildman–Crippen LogP) is -0.549. The molecule has 1 heterocycles. The molecule has 112 valence electrons. The number of hydrogen-bond acceptors (Lipinski definition) is 5. The zero-order chi connectivity index (χ0) is 13.8. The van der Waals surface area contributed by atoms with Crippen molar-refractivity contribution in [2.45, 2.75) is 12.8 Å². The van der Waals surface area contributed by atoms with E-state index in [1.165, 1.54) is 0 Å². The zero-order valence-corrected chi connectivity index (χ0v) is 12.0. The van der Waals surface area contributed by atoms with E-state index in [1.54, 1.807) is 7.11 Å². The first kappa shape index (κ1) is 16.4. The van der Waals surface area contributed by atoms with E-state index in [-0.39, 0.29) is 5.91 Å². The first-order valence-corrected chi connectivity index (χ1v) is 7.09. The smallest absolute Gasteiger partial charge is 0.221 e. The van der Waals surface area contributed by atoms with Gasteiger partial charge >= 0.3 is 0 Å². The van der Waals surface area contributed by atoms with Crippen LogP contribution in [0.4, 0.5) is 0 Å². The van der Waals surface area contributed by atoms with Gasteiger partial charge in [0.25, 0.3) is 0 Å². The van der Waals surface area contributed by atoms with Crippen molar-refractivity contribution in [1.82, 2.24) is 15.5 Å². The summed E-state index contributed by atoms with van der Waals surface area (Å²) in [6.45, 7) is 7.78. The first-order valence-electron chi connectivity index (χ1n) is 7.09. The maximum atomic E-state index is 11.5. The Bertz CT molecular complexity index is 233. The molecule has 1 fully saturated rings. The molecular formula is C13H27N3O3. The minimum absolute atomic E-state index is 0.106. The molecule has 19 heavy (non-hydrogen) atoms. The van der Waals surface area contributed by atoms with E-state index < -0.39 is 0 Å². The summed E-state index contributed by atoms with van der Waals surface area (Å²) in [6, 6.07) is 0. The average molecular weight is 273 g/mol. The monoisotopic (exact) mass is 273 g/mol. The van der Waals surface area contributed by atoms with Crippen molar-refractivity contribution < 1.29 is 14.3 Å². The van der Waals surface area contributed by atoms with Gasteiger partial charge in [-0.25, -0.2) is 0 Å². The van der Waals surface area contributed by atoms with E-state index >= 15 is 0 Å². The lowest BCUT2D eigenvalue weighted by molar-refractivity contribution is -0.121. The van der Waals surface area contributed by atoms with E-state index in [4.69, 9.17) is 9.47 Å². The Morgan fingerprint density at radius 1 is 1.26 bits per heavy atom. The molecule has 0 aromatic carbocycles. The zero-order valence-electron chi connectivity index (χ0n) is 12.0. The molecule has 1 aliphatic heterocycles. The maximum Gasteiger partial charge on any atom is 0.221 e. The van der Waals surface area contributed by atoms with Crippen LogP contribution in [0.25, 0.3) is 0 Å². The molecule has 0 bridgehead atoms. The number of hydrogen-bond donors (Lipinski definition) is 2. The highest BCUT2D eigenvalue weighted by Gasteiger charge is 2.09. The van der Waals surface area contributed by atoms with Crippen LogP contribution in [-0.2, 0) is 14.3 Å². The van der Waals surface area contributed by atoms with Crippen LogP contribution in [0.15, 0.2) is 0 Å². The van der Waals surface area contributed by atoms with Crippen LogP contribution in [0.3, 0.4) is 0 Å². The predicted molar refractivity (Wildman–Crippen MR) is 74.2 cm³/mol. The average Bonchev–Trinajstić information content (AvgIpc) is 2.44. The summed E-state index contributed by atoms with van der Waals surface area (Å²) >= 11 is 0. The molecule has 0 atom stereocenters. The normalized spacial score (nSPS) is 16.5. The van der Waals surface area contributed by atoms with Crippen molar-refractivity contribution in [3.05, 3.63) is 0 Å². The molecule has 0 saturated carbocycles. The van der Waals surface area contributed by atoms with Crippen molar-refractivity contribution in [2.24, 2.45) is 0 Å². The number of methoxy groups -OCH3 is 1. The van der Waals surface area contributed by atoms with Crippen molar-refractivity contribution in [3.63, 3.8) is 0 Å². The third kappa shape index (κ3) is 8.93. The second kappa shape index (κ2) is 11.2. The fraction of sp³-hybridized carbons (Fsp3) is 0.923. The maximum absolute atomic E-state index is 11.5. The molecule has 6 heteroatoms. The van der Waals surface area contributed by atoms with Gasteiger partial charge in [0.1, 0.15) is 0 Å². The highest BCUT2D eigenvalue weighted by molar-refractivity contribution is 5.75. The number of morpholine rings is 1. The first-order chi connectivity index (χ1) is 9.33. The molecule has 1 rings (SSSR count). The molecule has 0 unspecified atom stereocenters. The third-order valence-corrected chi connectivity index (χ3v) is 3.08. The Morgan fingerprint density at radius 2 is 2.05 bits per heavy atom. The molecule has 1 aliphatic rings. The number of amides is 1. The second-order valence-electron chi connectivity index (χ2n) is 4.65. The highest BCUT2D eigenvalue weighted by atomic mass is 16.5. The molecule has 2 N–H and O–H groups in total. The van der Waals surface area contributed by atoms with E-state index in [0.29, 0.717) is 19.6 Å². The molecule has 0 aromatic heterocycles. The van der Waals surface area contributed by atoms with Crippen LogP contribution in [-0.4, -0.2) is 77.0 Å². The number of nitrogens with one attached hydrogen (secondary N) is 2. The van der Waals surface area contributed by atoms with Gasteiger partial charge in [-0.3, -0.25) is 9.69 Å². The Kier molecular flexibility index (Phi) is 9.61. The molecular weight excluding hydrogens is 246 g/mol. The van der Waals surface area contributed by atoms with E-state index in [2.05, 4.69) is 15.5 Å². The molecule has 0 spiro atoms. The van der Waals surface area contributed by atoms with Crippen molar-refractivity contribution >= 4 is 5.91 Å². The second-order valence-corrected chi connectivity index (χ2v) is 4.65. The van der Waals surface area contributed by atoms with Gasteiger partial charge in [-0.05, 0) is 6.42 Å². The summed E-state index contributed by atoms with van der Waals surface area (Å²) in [4.78, 5) is 13.8. The van der Waals surface area contributed by atoms with Gasteiger partial charge in [-0.15, -0.1) is 0 Å². The topological polar surface area (TPSA) is 62.8 Å². The van der Waals surface area contributed by atoms with Crippen LogP contribution in [0.5, 0.6) is 0 Å². The summed E-state index contributed by atoms with van der Waals surface area (Å²) in [7, 11) is 1.67. The van der Waals surface area contributed by atoms with Gasteiger partial charge in [-0.2, -0.15) is 0 Å². The van der Waals surface area contributed by atoms with Crippen LogP contribution in [0.2, 0.25) is 0 Å². The molecule has 0 aliphatic carbocycles. The molecule has 6 nitrogen and oxygen atoms in total. The standard InChI is InChI=1S/C13H27N3O3/c1-18-10-2-4-15-13(17)3-5-14-6-7-16-8-11-19-12-9-16/h14H,2-12H2,1H3,(H,15,17). The highest BCUT2D eigenvalue weighted by Crippen LogP contribution is 1.94. The van der Waals surface area contributed by atoms with Gasteiger partial charge in [0.05, 0.1) is 13.2 Å². The van der Waals surface area contributed by atoms with Gasteiger partial charge in [0.15, 0.2) is 0 Å². The minimum atomic E-state index is 0.106. The number of ether oxygens (including phenoxy) is 2. The summed E-state index contributed by atoms with van der Waals surface area (Å²) in [5.41, 5.74) is 0. The lowest BCUT2D eigenvalue weighted by atomic mass is 10.3. The Morgan fingerprint density at radius 3 is 2.79 bits per heavy atom. The largest absolute Gasteiger partial charge is 0.385 e. The summed E-state index contributed by atoms with van der Waals surface area (Å²) in [6.07, 6.45) is 1.41. The Labute approximate surface area is 115 Å². The Hall–Kier alpha value is -0.690. The summed E-state index contributed by atoms with van der Waals surface area (Å²) < 4.78 is 10.2. The number of carbonyl (C=O) groups excluding carboxylic acids is 1. The van der Waals surface area contributed by atoms with E-state index in [0.717, 1.165) is 52.4 Å². The number of rotatable bonds is 10. The number of carbonyl (C=O) groups is 1. The summed E-state index contributed by atoms with van der Waals surface area (Å²) in [5, 5.41) is 6.17. The molecule has 1 amide bonds. The summed E-state index contributed by atoms with van der Waals surface area (Å²) in [5.74, 6) is 0.106. The van der Waals surface area contributed by atoms with Gasteiger partial charge in [0, 0.05) is 59.4 Å². The van der Waals surface area contributed by atoms with Gasteiger partial charge in [-0.1, -0.05) is 0 Å². The fourth-order valence-corrected chi connectivity index (χ4v) is 1.92. The molecule has 1 saturated heterocycles. The van der Waals surface area contributed by atoms with Crippen LogP contribution < -0.4 is 10.6 Å². The van der Waals surface area contributed by atoms with Gasteiger partial charge < -0.3 is 20.1 Å². The van der Waals surface area contributed by atoms with Crippen molar-refractivity contribution in [1.29, 1.82) is 0 Å². The van der Waals surface area contributed by atoms with Crippen LogP contribution in [0.1, 0.15) is 12.8 Å². The van der Waals surface area contributed by atoms with E-state index in [9.17, 15) is 4.79 Å². The Balaban J connectivity index is 1.85. The SMILES string of the molecule is COCCCNC(=O)CCNCCN1CCOCC1. The lowest BCUT2D eigenvalue weighted by Gasteiger charge is -2.26. The fourth-order valence-electron chi connectivity index (χ4n) is 1.92. The lowest BCUT2D eigenvalue weighted by Crippen LogP contribution is -2.40. The third-order valence-electron chi connectivity index (χ3n) is 3.08. The molecule has 0 aromatic rings. The molecule has 0 radical (unpaired) electrons. The van der Waals surface area contributed by atoms with E-state index in [1.807, 2.05) is 0 Å². The van der Waals surface area contributed by atoms with Gasteiger partial charge in [0.2, 0.25) is 5.91 Å². The quantitative estimate of drug-likeness (QED) is 0.523.